The third-order valence-electron chi connectivity index (χ3n) is 3.72. The second-order valence-electron chi connectivity index (χ2n) is 5.27. The van der Waals surface area contributed by atoms with E-state index in [9.17, 15) is 24.8 Å². The quantitative estimate of drug-likeness (QED) is 0.647. The Morgan fingerprint density at radius 2 is 2.08 bits per heavy atom. The predicted molar refractivity (Wildman–Crippen MR) is 87.5 cm³/mol. The molecule has 0 spiro atoms. The van der Waals surface area contributed by atoms with Crippen molar-refractivity contribution in [3.63, 3.8) is 0 Å². The topological polar surface area (TPSA) is 123 Å². The highest BCUT2D eigenvalue weighted by Crippen LogP contribution is 2.26. The minimum Gasteiger partial charge on any atom is -0.480 e. The van der Waals surface area contributed by atoms with E-state index in [4.69, 9.17) is 4.74 Å². The van der Waals surface area contributed by atoms with Crippen molar-refractivity contribution in [2.45, 2.75) is 6.04 Å². The van der Waals surface area contributed by atoms with Crippen LogP contribution >= 0.6 is 11.3 Å². The number of hydrogen-bond donors (Lipinski definition) is 1. The molecule has 1 amide bonds. The van der Waals surface area contributed by atoms with E-state index in [2.05, 4.69) is 4.98 Å². The van der Waals surface area contributed by atoms with Crippen LogP contribution in [0.3, 0.4) is 0 Å². The smallest absolute Gasteiger partial charge is 0.328 e. The number of benzene rings is 1. The van der Waals surface area contributed by atoms with Gasteiger partial charge in [-0.25, -0.2) is 9.78 Å². The number of carboxylic acid groups (broad SMARTS) is 1. The van der Waals surface area contributed by atoms with Gasteiger partial charge in [-0.3, -0.25) is 14.9 Å². The molecular weight excluding hydrogens is 350 g/mol. The van der Waals surface area contributed by atoms with Gasteiger partial charge in [0.25, 0.3) is 11.6 Å². The molecule has 9 nitrogen and oxygen atoms in total. The summed E-state index contributed by atoms with van der Waals surface area (Å²) >= 11 is 1.21. The Hall–Kier alpha value is -2.85. The third kappa shape index (κ3) is 3.49. The summed E-state index contributed by atoms with van der Waals surface area (Å²) < 4.78 is 5.12. The summed E-state index contributed by atoms with van der Waals surface area (Å²) in [6.07, 6.45) is 0. The first kappa shape index (κ1) is 17.0. The minimum atomic E-state index is -1.13. The van der Waals surface area contributed by atoms with Crippen molar-refractivity contribution in [2.75, 3.05) is 19.8 Å². The lowest BCUT2D eigenvalue weighted by molar-refractivity contribution is -0.384. The lowest BCUT2D eigenvalue weighted by Crippen LogP contribution is -2.52. The maximum Gasteiger partial charge on any atom is 0.328 e. The van der Waals surface area contributed by atoms with Gasteiger partial charge in [0, 0.05) is 29.6 Å². The lowest BCUT2D eigenvalue weighted by Gasteiger charge is -2.32. The van der Waals surface area contributed by atoms with Crippen LogP contribution in [0.4, 0.5) is 5.69 Å². The molecule has 10 heteroatoms. The monoisotopic (exact) mass is 363 g/mol. The number of carbonyl (C=O) groups is 2. The van der Waals surface area contributed by atoms with Gasteiger partial charge in [-0.15, -0.1) is 11.3 Å². The van der Waals surface area contributed by atoms with Crippen LogP contribution in [0.5, 0.6) is 0 Å². The Bertz CT molecular complexity index is 819. The van der Waals surface area contributed by atoms with Gasteiger partial charge in [-0.2, -0.15) is 0 Å². The first-order chi connectivity index (χ1) is 12.0. The number of non-ortho nitro benzene ring substituents is 1. The van der Waals surface area contributed by atoms with E-state index in [-0.39, 0.29) is 31.1 Å². The van der Waals surface area contributed by atoms with E-state index in [1.54, 1.807) is 17.5 Å². The van der Waals surface area contributed by atoms with Gasteiger partial charge < -0.3 is 14.7 Å². The number of carbonyl (C=O) groups excluding carboxylic acids is 1. The summed E-state index contributed by atoms with van der Waals surface area (Å²) in [5.41, 5.74) is 0.757. The standard InChI is InChI=1S/C15H13N3O6S/c19-14(17-5-6-24-7-12(17)15(20)21)11-8-25-13(16-11)9-1-3-10(4-2-9)18(22)23/h1-4,8,12H,5-7H2,(H,20,21). The fraction of sp³-hybridized carbons (Fsp3) is 0.267. The van der Waals surface area contributed by atoms with Crippen LogP contribution in [-0.4, -0.2) is 57.6 Å². The Labute approximate surface area is 145 Å². The zero-order chi connectivity index (χ0) is 18.0. The van der Waals surface area contributed by atoms with Crippen LogP contribution in [0.25, 0.3) is 10.6 Å². The molecule has 1 aromatic heterocycles. The summed E-state index contributed by atoms with van der Waals surface area (Å²) in [5, 5.41) is 22.0. The molecule has 0 radical (unpaired) electrons. The molecule has 1 aromatic carbocycles. The summed E-state index contributed by atoms with van der Waals surface area (Å²) in [4.78, 5) is 39.5. The molecule has 1 saturated heterocycles. The van der Waals surface area contributed by atoms with E-state index in [1.165, 1.54) is 28.4 Å². The number of nitro benzene ring substituents is 1. The Balaban J connectivity index is 1.81. The van der Waals surface area contributed by atoms with E-state index in [0.717, 1.165) is 0 Å². The van der Waals surface area contributed by atoms with Crippen molar-refractivity contribution in [2.24, 2.45) is 0 Å². The molecule has 1 unspecified atom stereocenters. The van der Waals surface area contributed by atoms with Crippen LogP contribution in [-0.2, 0) is 9.53 Å². The van der Waals surface area contributed by atoms with Crippen LogP contribution < -0.4 is 0 Å². The minimum absolute atomic E-state index is 0.0331. The molecule has 1 aliphatic heterocycles. The molecule has 1 N–H and O–H groups in total. The number of nitro groups is 1. The summed E-state index contributed by atoms with van der Waals surface area (Å²) in [6.45, 7) is 0.398. The first-order valence-electron chi connectivity index (χ1n) is 7.29. The van der Waals surface area contributed by atoms with Gasteiger partial charge in [0.15, 0.2) is 6.04 Å². The van der Waals surface area contributed by atoms with Crippen LogP contribution in [0.15, 0.2) is 29.6 Å². The Morgan fingerprint density at radius 3 is 2.72 bits per heavy atom. The molecule has 2 heterocycles. The molecule has 1 fully saturated rings. The van der Waals surface area contributed by atoms with Gasteiger partial charge >= 0.3 is 5.97 Å². The number of nitrogens with zero attached hydrogens (tertiary/aromatic N) is 3. The summed E-state index contributed by atoms with van der Waals surface area (Å²) in [5.74, 6) is -1.60. The largest absolute Gasteiger partial charge is 0.480 e. The number of aliphatic carboxylic acids is 1. The molecule has 1 aliphatic rings. The first-order valence-corrected chi connectivity index (χ1v) is 8.17. The van der Waals surface area contributed by atoms with Gasteiger partial charge in [0.05, 0.1) is 18.1 Å². The summed E-state index contributed by atoms with van der Waals surface area (Å²) in [7, 11) is 0. The third-order valence-corrected chi connectivity index (χ3v) is 4.61. The number of aromatic nitrogens is 1. The van der Waals surface area contributed by atoms with E-state index >= 15 is 0 Å². The molecule has 3 rings (SSSR count). The number of rotatable bonds is 4. The SMILES string of the molecule is O=C(O)C1COCCN1C(=O)c1csc(-c2ccc([N+](=O)[O-])cc2)n1. The van der Waals surface area contributed by atoms with Crippen LogP contribution in [0, 0.1) is 10.1 Å². The molecule has 1 atom stereocenters. The number of hydrogen-bond acceptors (Lipinski definition) is 7. The van der Waals surface area contributed by atoms with Gasteiger partial charge in [-0.1, -0.05) is 0 Å². The molecule has 2 aromatic rings. The molecule has 0 aliphatic carbocycles. The Morgan fingerprint density at radius 1 is 1.36 bits per heavy atom. The van der Waals surface area contributed by atoms with E-state index in [0.29, 0.717) is 10.6 Å². The second-order valence-corrected chi connectivity index (χ2v) is 6.13. The van der Waals surface area contributed by atoms with Crippen molar-refractivity contribution in [1.82, 2.24) is 9.88 Å². The number of morpholine rings is 1. The zero-order valence-electron chi connectivity index (χ0n) is 12.8. The van der Waals surface area contributed by atoms with Crippen LogP contribution in [0.2, 0.25) is 0 Å². The maximum absolute atomic E-state index is 12.6. The molecule has 0 bridgehead atoms. The fourth-order valence-electron chi connectivity index (χ4n) is 2.43. The van der Waals surface area contributed by atoms with Crippen molar-refractivity contribution in [1.29, 1.82) is 0 Å². The van der Waals surface area contributed by atoms with Gasteiger partial charge in [0.2, 0.25) is 0 Å². The highest BCUT2D eigenvalue weighted by Gasteiger charge is 2.34. The molecule has 130 valence electrons. The number of ether oxygens (including phenoxy) is 1. The average molecular weight is 363 g/mol. The van der Waals surface area contributed by atoms with E-state index in [1.807, 2.05) is 0 Å². The molecule has 0 saturated carbocycles. The normalized spacial score (nSPS) is 17.3. The van der Waals surface area contributed by atoms with E-state index < -0.39 is 22.8 Å². The fourth-order valence-corrected chi connectivity index (χ4v) is 3.23. The molecular formula is C15H13N3O6S. The highest BCUT2D eigenvalue weighted by atomic mass is 32.1. The second kappa shape index (κ2) is 6.95. The Kier molecular flexibility index (Phi) is 4.72. The van der Waals surface area contributed by atoms with Gasteiger partial charge in [0.1, 0.15) is 10.7 Å². The predicted octanol–water partition coefficient (Wildman–Crippen LogP) is 1.64. The lowest BCUT2D eigenvalue weighted by atomic mass is 10.2. The van der Waals surface area contributed by atoms with Crippen molar-refractivity contribution < 1.29 is 24.4 Å². The van der Waals surface area contributed by atoms with Crippen molar-refractivity contribution in [3.8, 4) is 10.6 Å². The van der Waals surface area contributed by atoms with Crippen molar-refractivity contribution in [3.05, 3.63) is 45.5 Å². The number of carboxylic acids is 1. The zero-order valence-corrected chi connectivity index (χ0v) is 13.6. The average Bonchev–Trinajstić information content (AvgIpc) is 3.11. The number of amides is 1. The number of thiazole rings is 1. The van der Waals surface area contributed by atoms with Crippen LogP contribution in [0.1, 0.15) is 10.5 Å². The van der Waals surface area contributed by atoms with Crippen molar-refractivity contribution >= 4 is 28.9 Å². The summed E-state index contributed by atoms with van der Waals surface area (Å²) in [6, 6.07) is 4.80. The molecule has 25 heavy (non-hydrogen) atoms. The highest BCUT2D eigenvalue weighted by molar-refractivity contribution is 7.13. The van der Waals surface area contributed by atoms with Gasteiger partial charge in [-0.05, 0) is 12.1 Å². The maximum atomic E-state index is 12.6.